The fourth-order valence-electron chi connectivity index (χ4n) is 6.73. The van der Waals surface area contributed by atoms with Crippen LogP contribution in [0.2, 0.25) is 0 Å². The quantitative estimate of drug-likeness (QED) is 0.0633. The number of aryl methyl sites for hydroxylation is 1. The molecule has 6 aromatic rings. The number of fused-ring (bicyclic) bond motifs is 2. The zero-order valence-corrected chi connectivity index (χ0v) is 31.0. The molecule has 0 spiro atoms. The Morgan fingerprint density at radius 3 is 1.61 bits per heavy atom. The summed E-state index contributed by atoms with van der Waals surface area (Å²) in [6.07, 6.45) is 4.01. The summed E-state index contributed by atoms with van der Waals surface area (Å²) >= 11 is 0. The summed E-state index contributed by atoms with van der Waals surface area (Å²) < 4.78 is 0. The van der Waals surface area contributed by atoms with Gasteiger partial charge in [0.05, 0.1) is 6.61 Å². The number of rotatable bonds is 18. The molecule has 0 bridgehead atoms. The Balaban J connectivity index is 1.19. The fraction of sp³-hybridized carbons (Fsp3) is 0.233. The summed E-state index contributed by atoms with van der Waals surface area (Å²) in [7, 11) is 0. The van der Waals surface area contributed by atoms with Gasteiger partial charge in [-0.25, -0.2) is 0 Å². The van der Waals surface area contributed by atoms with Crippen LogP contribution in [-0.2, 0) is 49.7 Å². The molecule has 6 rings (SSSR count). The van der Waals surface area contributed by atoms with E-state index in [0.717, 1.165) is 38.5 Å². The van der Waals surface area contributed by atoms with Crippen LogP contribution in [0.5, 0.6) is 5.75 Å². The highest BCUT2D eigenvalue weighted by molar-refractivity contribution is 5.96. The maximum atomic E-state index is 14.0. The minimum atomic E-state index is -1.52. The molecule has 0 saturated heterocycles. The van der Waals surface area contributed by atoms with E-state index >= 15 is 0 Å². The van der Waals surface area contributed by atoms with Gasteiger partial charge in [0.25, 0.3) is 0 Å². The van der Waals surface area contributed by atoms with Crippen molar-refractivity contribution in [3.05, 3.63) is 138 Å². The van der Waals surface area contributed by atoms with Crippen molar-refractivity contribution >= 4 is 51.3 Å². The number of para-hydroxylation sites is 2. The first kappa shape index (κ1) is 39.8. The van der Waals surface area contributed by atoms with Crippen molar-refractivity contribution in [1.29, 1.82) is 0 Å². The van der Waals surface area contributed by atoms with Gasteiger partial charge in [-0.05, 0) is 52.9 Å². The van der Waals surface area contributed by atoms with Gasteiger partial charge >= 0.3 is 0 Å². The van der Waals surface area contributed by atoms with Crippen LogP contribution in [0.15, 0.2) is 116 Å². The number of carbonyl (C=O) groups is 5. The Morgan fingerprint density at radius 2 is 1.05 bits per heavy atom. The molecule has 2 aromatic heterocycles. The number of nitrogens with two attached hydrogens (primary N) is 1. The van der Waals surface area contributed by atoms with Gasteiger partial charge in [-0.3, -0.25) is 24.0 Å². The lowest BCUT2D eigenvalue weighted by Crippen LogP contribution is -2.59. The lowest BCUT2D eigenvalue weighted by Gasteiger charge is -2.25. The van der Waals surface area contributed by atoms with Gasteiger partial charge in [-0.1, -0.05) is 78.9 Å². The Hall–Kier alpha value is -6.93. The van der Waals surface area contributed by atoms with E-state index in [9.17, 15) is 34.2 Å². The standard InChI is InChI=1S/C43H45N7O7/c44-40(54)35(20-27-8-2-1-3-9-27)48-42(56)37(22-29-24-46-34-13-7-5-11-32(29)34)49-43(57)38(25-51)50-41(55)36(21-28-23-45-33-12-6-4-10-31(28)33)47-39(53)19-16-26-14-17-30(52)18-15-26/h1-15,17-18,23-24,35-38,45-46,51-52H,16,19-22,25H2,(H2,44,54)(H,47,53)(H,48,56)(H,49,57)(H,50,55)/t35-,36-,37+,38+/m1/s1. The number of aromatic nitrogens is 2. The molecule has 0 fully saturated rings. The summed E-state index contributed by atoms with van der Waals surface area (Å²) in [6.45, 7) is -0.828. The number of aromatic hydroxyl groups is 1. The Kier molecular flexibility index (Phi) is 13.0. The third-order valence-electron chi connectivity index (χ3n) is 9.82. The van der Waals surface area contributed by atoms with E-state index in [2.05, 4.69) is 31.2 Å². The van der Waals surface area contributed by atoms with E-state index in [4.69, 9.17) is 5.73 Å². The zero-order chi connectivity index (χ0) is 40.3. The van der Waals surface area contributed by atoms with E-state index in [1.807, 2.05) is 54.6 Å². The number of aliphatic hydroxyl groups is 1. The molecule has 10 N–H and O–H groups in total. The maximum absolute atomic E-state index is 14.0. The fourth-order valence-corrected chi connectivity index (χ4v) is 6.73. The van der Waals surface area contributed by atoms with E-state index in [0.29, 0.717) is 12.0 Å². The van der Waals surface area contributed by atoms with Gasteiger partial charge in [0.15, 0.2) is 0 Å². The minimum Gasteiger partial charge on any atom is -0.508 e. The first-order chi connectivity index (χ1) is 27.6. The van der Waals surface area contributed by atoms with Crippen LogP contribution in [0, 0.1) is 0 Å². The molecular formula is C43H45N7O7. The predicted octanol–water partition coefficient (Wildman–Crippen LogP) is 2.43. The summed E-state index contributed by atoms with van der Waals surface area (Å²) in [6, 6.07) is 25.3. The molecule has 294 valence electrons. The molecule has 5 amide bonds. The van der Waals surface area contributed by atoms with E-state index < -0.39 is 60.3 Å². The van der Waals surface area contributed by atoms with Crippen molar-refractivity contribution in [3.63, 3.8) is 0 Å². The van der Waals surface area contributed by atoms with Crippen LogP contribution in [0.1, 0.15) is 28.7 Å². The molecule has 4 atom stereocenters. The molecular weight excluding hydrogens is 727 g/mol. The number of phenols is 1. The van der Waals surface area contributed by atoms with Crippen LogP contribution < -0.4 is 27.0 Å². The van der Waals surface area contributed by atoms with Crippen LogP contribution in [-0.4, -0.2) is 80.5 Å². The average Bonchev–Trinajstić information content (AvgIpc) is 3.83. The second-order valence-electron chi connectivity index (χ2n) is 13.9. The third kappa shape index (κ3) is 10.4. The number of carbonyl (C=O) groups excluding carboxylic acids is 5. The summed E-state index contributed by atoms with van der Waals surface area (Å²) in [5, 5.41) is 32.4. The largest absolute Gasteiger partial charge is 0.508 e. The smallest absolute Gasteiger partial charge is 0.245 e. The highest BCUT2D eigenvalue weighted by Crippen LogP contribution is 2.21. The molecule has 4 aromatic carbocycles. The number of nitrogens with one attached hydrogen (secondary N) is 6. The topological polar surface area (TPSA) is 232 Å². The highest BCUT2D eigenvalue weighted by Gasteiger charge is 2.32. The Labute approximate surface area is 328 Å². The number of primary amides is 1. The average molecular weight is 772 g/mol. The van der Waals surface area contributed by atoms with Crippen LogP contribution >= 0.6 is 0 Å². The SMILES string of the molecule is NC(=O)[C@@H](Cc1ccccc1)NC(=O)[C@H](Cc1c[nH]c2ccccc12)NC(=O)[C@H](CO)NC(=O)[C@@H](Cc1c[nH]c2ccccc12)NC(=O)CCc1ccc(O)cc1. The van der Waals surface area contributed by atoms with Crippen molar-refractivity contribution in [1.82, 2.24) is 31.2 Å². The number of benzene rings is 4. The second-order valence-corrected chi connectivity index (χ2v) is 13.9. The molecule has 0 unspecified atom stereocenters. The molecule has 14 heteroatoms. The van der Waals surface area contributed by atoms with Gasteiger partial charge in [-0.2, -0.15) is 0 Å². The number of hydrogen-bond acceptors (Lipinski definition) is 7. The van der Waals surface area contributed by atoms with Gasteiger partial charge in [0.1, 0.15) is 29.9 Å². The Bertz CT molecular complexity index is 2340. The number of H-pyrrole nitrogens is 2. The summed E-state index contributed by atoms with van der Waals surface area (Å²) in [5.74, 6) is -3.39. The normalized spacial score (nSPS) is 13.3. The lowest BCUT2D eigenvalue weighted by molar-refractivity contribution is -0.135. The van der Waals surface area contributed by atoms with E-state index in [-0.39, 0.29) is 31.4 Å². The van der Waals surface area contributed by atoms with Crippen LogP contribution in [0.4, 0.5) is 0 Å². The maximum Gasteiger partial charge on any atom is 0.245 e. The van der Waals surface area contributed by atoms with Gasteiger partial charge in [-0.15, -0.1) is 0 Å². The number of aromatic amines is 2. The molecule has 2 heterocycles. The zero-order valence-electron chi connectivity index (χ0n) is 31.0. The predicted molar refractivity (Wildman–Crippen MR) is 215 cm³/mol. The molecule has 0 radical (unpaired) electrons. The third-order valence-corrected chi connectivity index (χ3v) is 9.82. The van der Waals surface area contributed by atoms with Crippen molar-refractivity contribution in [3.8, 4) is 5.75 Å². The van der Waals surface area contributed by atoms with Crippen molar-refractivity contribution in [2.75, 3.05) is 6.61 Å². The molecule has 0 aliphatic rings. The molecule has 0 aliphatic heterocycles. The van der Waals surface area contributed by atoms with Gasteiger partial charge in [0, 0.05) is 59.9 Å². The van der Waals surface area contributed by atoms with Crippen molar-refractivity contribution < 1.29 is 34.2 Å². The number of phenolic OH excluding ortho intramolecular Hbond substituents is 1. The summed E-state index contributed by atoms with van der Waals surface area (Å²) in [4.78, 5) is 73.8. The van der Waals surface area contributed by atoms with Gasteiger partial charge < -0.3 is 47.2 Å². The number of hydrogen-bond donors (Lipinski definition) is 9. The van der Waals surface area contributed by atoms with Crippen molar-refractivity contribution in [2.24, 2.45) is 5.73 Å². The molecule has 14 nitrogen and oxygen atoms in total. The molecule has 57 heavy (non-hydrogen) atoms. The lowest BCUT2D eigenvalue weighted by atomic mass is 10.0. The van der Waals surface area contributed by atoms with E-state index in [1.165, 1.54) is 12.1 Å². The van der Waals surface area contributed by atoms with Crippen LogP contribution in [0.25, 0.3) is 21.8 Å². The van der Waals surface area contributed by atoms with Crippen LogP contribution in [0.3, 0.4) is 0 Å². The minimum absolute atomic E-state index is 0.00915. The first-order valence-electron chi connectivity index (χ1n) is 18.6. The monoisotopic (exact) mass is 771 g/mol. The number of amides is 5. The molecule has 0 aliphatic carbocycles. The summed E-state index contributed by atoms with van der Waals surface area (Å²) in [5.41, 5.74) is 10.3. The molecule has 0 saturated carbocycles. The second kappa shape index (κ2) is 18.6. The number of aliphatic hydroxyl groups excluding tert-OH is 1. The van der Waals surface area contributed by atoms with Crippen molar-refractivity contribution in [2.45, 2.75) is 56.3 Å². The Morgan fingerprint density at radius 1 is 0.561 bits per heavy atom. The highest BCUT2D eigenvalue weighted by atomic mass is 16.3. The van der Waals surface area contributed by atoms with Gasteiger partial charge in [0.2, 0.25) is 29.5 Å². The first-order valence-corrected chi connectivity index (χ1v) is 18.6. The van der Waals surface area contributed by atoms with E-state index in [1.54, 1.807) is 48.8 Å².